The fourth-order valence-electron chi connectivity index (χ4n) is 4.30. The first-order chi connectivity index (χ1) is 15.0. The first-order valence-electron chi connectivity index (χ1n) is 10.7. The van der Waals surface area contributed by atoms with Crippen LogP contribution in [0.25, 0.3) is 0 Å². The summed E-state index contributed by atoms with van der Waals surface area (Å²) in [5.41, 5.74) is 2.35. The van der Waals surface area contributed by atoms with E-state index in [0.717, 1.165) is 36.5 Å². The Morgan fingerprint density at radius 3 is 2.48 bits per heavy atom. The van der Waals surface area contributed by atoms with Gasteiger partial charge in [-0.05, 0) is 68.4 Å². The molecule has 1 N–H and O–H groups in total. The van der Waals surface area contributed by atoms with E-state index in [0.29, 0.717) is 24.9 Å². The minimum atomic E-state index is -0.789. The molecular formula is C24H27FN2O2S2. The second-order valence-electron chi connectivity index (χ2n) is 8.23. The number of nitrogens with zero attached hydrogens (tertiary/aromatic N) is 2. The molecule has 1 aliphatic carbocycles. The number of aryl methyl sites for hydroxylation is 1. The third-order valence-corrected chi connectivity index (χ3v) is 7.91. The van der Waals surface area contributed by atoms with Crippen molar-refractivity contribution in [3.63, 3.8) is 0 Å². The topological polar surface area (TPSA) is 53.4 Å². The summed E-state index contributed by atoms with van der Waals surface area (Å²) < 4.78 is 13.2. The SMILES string of the molecule is Cc1ccc(CN(CCC(=O)O)c2nc(C3CCC(c4ccc(F)cc4)CC3)cs2)s1. The Balaban J connectivity index is 1.41. The van der Waals surface area contributed by atoms with Crippen LogP contribution >= 0.6 is 22.7 Å². The molecule has 0 saturated heterocycles. The van der Waals surface area contributed by atoms with E-state index in [2.05, 4.69) is 29.3 Å². The lowest BCUT2D eigenvalue weighted by Crippen LogP contribution is -2.25. The number of carboxylic acids is 1. The van der Waals surface area contributed by atoms with Crippen molar-refractivity contribution in [3.8, 4) is 0 Å². The van der Waals surface area contributed by atoms with Crippen LogP contribution in [-0.4, -0.2) is 22.6 Å². The van der Waals surface area contributed by atoms with Crippen molar-refractivity contribution in [2.45, 2.75) is 57.4 Å². The number of carbonyl (C=O) groups is 1. The molecule has 0 bridgehead atoms. The van der Waals surface area contributed by atoms with Crippen LogP contribution in [0, 0.1) is 12.7 Å². The van der Waals surface area contributed by atoms with Crippen LogP contribution in [0.5, 0.6) is 0 Å². The van der Waals surface area contributed by atoms with Gasteiger partial charge in [0.25, 0.3) is 0 Å². The molecule has 1 fully saturated rings. The fraction of sp³-hybridized carbons (Fsp3) is 0.417. The lowest BCUT2D eigenvalue weighted by molar-refractivity contribution is -0.136. The number of hydrogen-bond acceptors (Lipinski definition) is 5. The zero-order valence-electron chi connectivity index (χ0n) is 17.6. The summed E-state index contributed by atoms with van der Waals surface area (Å²) in [5.74, 6) is -0.0445. The Morgan fingerprint density at radius 1 is 1.13 bits per heavy atom. The quantitative estimate of drug-likeness (QED) is 0.414. The van der Waals surface area contributed by atoms with Crippen LogP contribution in [-0.2, 0) is 11.3 Å². The van der Waals surface area contributed by atoms with Crippen LogP contribution in [0.2, 0.25) is 0 Å². The van der Waals surface area contributed by atoms with Crippen LogP contribution < -0.4 is 4.90 Å². The first kappa shape index (κ1) is 22.0. The van der Waals surface area contributed by atoms with Crippen LogP contribution in [0.3, 0.4) is 0 Å². The van der Waals surface area contributed by atoms with Gasteiger partial charge >= 0.3 is 5.97 Å². The van der Waals surface area contributed by atoms with Crippen molar-refractivity contribution in [2.75, 3.05) is 11.4 Å². The molecule has 0 radical (unpaired) electrons. The zero-order valence-corrected chi connectivity index (χ0v) is 19.2. The van der Waals surface area contributed by atoms with Gasteiger partial charge in [-0.15, -0.1) is 22.7 Å². The van der Waals surface area contributed by atoms with E-state index in [-0.39, 0.29) is 12.2 Å². The van der Waals surface area contributed by atoms with E-state index in [1.165, 1.54) is 15.3 Å². The van der Waals surface area contributed by atoms with Crippen LogP contribution in [0.1, 0.15) is 65.0 Å². The number of aliphatic carboxylic acids is 1. The number of aromatic nitrogens is 1. The summed E-state index contributed by atoms with van der Waals surface area (Å²) in [6.45, 7) is 3.23. The number of rotatable bonds is 8. The molecule has 4 nitrogen and oxygen atoms in total. The molecule has 1 saturated carbocycles. The highest BCUT2D eigenvalue weighted by Gasteiger charge is 2.26. The average molecular weight is 459 g/mol. The third-order valence-electron chi connectivity index (χ3n) is 6.01. The summed E-state index contributed by atoms with van der Waals surface area (Å²) in [5, 5.41) is 12.2. The van der Waals surface area contributed by atoms with Gasteiger partial charge in [0.1, 0.15) is 5.82 Å². The first-order valence-corrected chi connectivity index (χ1v) is 12.4. The van der Waals surface area contributed by atoms with E-state index in [1.807, 2.05) is 12.1 Å². The minimum absolute atomic E-state index is 0.0993. The Labute approximate surface area is 190 Å². The number of carboxylic acid groups (broad SMARTS) is 1. The average Bonchev–Trinajstić information content (AvgIpc) is 3.41. The van der Waals surface area contributed by atoms with Crippen LogP contribution in [0.4, 0.5) is 9.52 Å². The van der Waals surface area contributed by atoms with Crippen molar-refractivity contribution in [1.82, 2.24) is 4.98 Å². The highest BCUT2D eigenvalue weighted by Crippen LogP contribution is 2.41. The number of hydrogen-bond donors (Lipinski definition) is 1. The van der Waals surface area contributed by atoms with Crippen molar-refractivity contribution < 1.29 is 14.3 Å². The van der Waals surface area contributed by atoms with Gasteiger partial charge in [-0.3, -0.25) is 4.79 Å². The molecule has 0 unspecified atom stereocenters. The van der Waals surface area contributed by atoms with Gasteiger partial charge in [0, 0.05) is 27.6 Å². The lowest BCUT2D eigenvalue weighted by atomic mass is 9.78. The molecule has 2 heterocycles. The second kappa shape index (κ2) is 9.92. The molecule has 2 aromatic heterocycles. The normalized spacial score (nSPS) is 18.8. The van der Waals surface area contributed by atoms with Gasteiger partial charge in [0.2, 0.25) is 0 Å². The molecule has 0 spiro atoms. The Hall–Kier alpha value is -2.25. The molecule has 1 aliphatic rings. The number of thiophene rings is 1. The molecule has 7 heteroatoms. The second-order valence-corrected chi connectivity index (χ2v) is 10.4. The predicted octanol–water partition coefficient (Wildman–Crippen LogP) is 6.57. The largest absolute Gasteiger partial charge is 0.481 e. The monoisotopic (exact) mass is 458 g/mol. The minimum Gasteiger partial charge on any atom is -0.481 e. The van der Waals surface area contributed by atoms with Gasteiger partial charge in [-0.25, -0.2) is 9.37 Å². The van der Waals surface area contributed by atoms with Gasteiger partial charge in [-0.1, -0.05) is 12.1 Å². The molecule has 4 rings (SSSR count). The maximum Gasteiger partial charge on any atom is 0.305 e. The van der Waals surface area contributed by atoms with Crippen LogP contribution in [0.15, 0.2) is 41.8 Å². The molecule has 31 heavy (non-hydrogen) atoms. The van der Waals surface area contributed by atoms with Gasteiger partial charge in [0.15, 0.2) is 5.13 Å². The van der Waals surface area contributed by atoms with E-state index < -0.39 is 5.97 Å². The zero-order chi connectivity index (χ0) is 21.8. The summed E-state index contributed by atoms with van der Waals surface area (Å²) in [6, 6.07) is 11.1. The van der Waals surface area contributed by atoms with E-state index in [4.69, 9.17) is 10.1 Å². The molecule has 0 aliphatic heterocycles. The number of anilines is 1. The maximum absolute atomic E-state index is 13.2. The Bertz CT molecular complexity index is 1010. The van der Waals surface area contributed by atoms with Crippen molar-refractivity contribution in [3.05, 3.63) is 68.6 Å². The maximum atomic E-state index is 13.2. The van der Waals surface area contributed by atoms with Gasteiger partial charge in [0.05, 0.1) is 18.7 Å². The van der Waals surface area contributed by atoms with E-state index in [1.54, 1.807) is 34.8 Å². The van der Waals surface area contributed by atoms with E-state index >= 15 is 0 Å². The summed E-state index contributed by atoms with van der Waals surface area (Å²) in [4.78, 5) is 20.7. The summed E-state index contributed by atoms with van der Waals surface area (Å²) in [6.07, 6.45) is 4.41. The molecule has 1 aromatic carbocycles. The molecular weight excluding hydrogens is 431 g/mol. The fourth-order valence-corrected chi connectivity index (χ4v) is 6.14. The lowest BCUT2D eigenvalue weighted by Gasteiger charge is -2.28. The summed E-state index contributed by atoms with van der Waals surface area (Å²) in [7, 11) is 0. The number of thiazole rings is 1. The number of benzene rings is 1. The molecule has 164 valence electrons. The highest BCUT2D eigenvalue weighted by atomic mass is 32.1. The van der Waals surface area contributed by atoms with Crippen molar-refractivity contribution in [2.24, 2.45) is 0 Å². The van der Waals surface area contributed by atoms with E-state index in [9.17, 15) is 9.18 Å². The number of halogens is 1. The molecule has 0 atom stereocenters. The summed E-state index contributed by atoms with van der Waals surface area (Å²) >= 11 is 3.36. The van der Waals surface area contributed by atoms with Crippen molar-refractivity contribution in [1.29, 1.82) is 0 Å². The standard InChI is InChI=1S/C24H27FN2O2S2/c1-16-2-11-21(31-16)14-27(13-12-23(28)29)24-26-22(15-30-24)19-5-3-17(4-6-19)18-7-9-20(25)10-8-18/h2,7-11,15,17,19H,3-6,12-14H2,1H3,(H,28,29). The molecule has 0 amide bonds. The predicted molar refractivity (Wildman–Crippen MR) is 125 cm³/mol. The van der Waals surface area contributed by atoms with Gasteiger partial charge < -0.3 is 10.0 Å². The highest BCUT2D eigenvalue weighted by molar-refractivity contribution is 7.14. The Morgan fingerprint density at radius 2 is 1.84 bits per heavy atom. The third kappa shape index (κ3) is 5.71. The van der Waals surface area contributed by atoms with Crippen molar-refractivity contribution >= 4 is 33.8 Å². The molecule has 3 aromatic rings. The smallest absolute Gasteiger partial charge is 0.305 e. The van der Waals surface area contributed by atoms with Gasteiger partial charge in [-0.2, -0.15) is 0 Å². The Kier molecular flexibility index (Phi) is 7.02.